The van der Waals surface area contributed by atoms with Crippen LogP contribution in [0.25, 0.3) is 0 Å². The third kappa shape index (κ3) is 4.84. The molecule has 0 atom stereocenters. The van der Waals surface area contributed by atoms with Crippen LogP contribution in [0, 0.1) is 5.41 Å². The lowest BCUT2D eigenvalue weighted by Crippen LogP contribution is -2.17. The second-order valence-corrected chi connectivity index (χ2v) is 6.20. The van der Waals surface area contributed by atoms with Gasteiger partial charge >= 0.3 is 6.18 Å². The Kier molecular flexibility index (Phi) is 4.64. The topological polar surface area (TPSA) is 24.9 Å². The zero-order valence-corrected chi connectivity index (χ0v) is 12.1. The summed E-state index contributed by atoms with van der Waals surface area (Å²) in [7, 11) is 0. The molecule has 0 spiro atoms. The molecule has 18 heavy (non-hydrogen) atoms. The molecular weight excluding hydrogens is 309 g/mol. The Morgan fingerprint density at radius 2 is 1.89 bits per heavy atom. The Labute approximate surface area is 113 Å². The molecule has 0 radical (unpaired) electrons. The van der Waals surface area contributed by atoms with Crippen molar-refractivity contribution in [1.82, 2.24) is 4.98 Å². The van der Waals surface area contributed by atoms with Crippen molar-refractivity contribution in [3.8, 4) is 0 Å². The number of halogens is 4. The van der Waals surface area contributed by atoms with Gasteiger partial charge < -0.3 is 5.32 Å². The van der Waals surface area contributed by atoms with E-state index in [1.807, 2.05) is 20.8 Å². The quantitative estimate of drug-likeness (QED) is 0.870. The maximum atomic E-state index is 12.8. The van der Waals surface area contributed by atoms with Gasteiger partial charge in [0, 0.05) is 17.2 Å². The first-order valence-electron chi connectivity index (χ1n) is 5.56. The number of alkyl halides is 3. The van der Waals surface area contributed by atoms with Gasteiger partial charge in [0.2, 0.25) is 0 Å². The van der Waals surface area contributed by atoms with Crippen LogP contribution in [0.2, 0.25) is 0 Å². The number of anilines is 1. The molecule has 1 aromatic rings. The van der Waals surface area contributed by atoms with Crippen LogP contribution < -0.4 is 5.32 Å². The summed E-state index contributed by atoms with van der Waals surface area (Å²) in [6, 6.07) is 1.03. The van der Waals surface area contributed by atoms with E-state index in [1.54, 1.807) is 0 Å². The van der Waals surface area contributed by atoms with Gasteiger partial charge in [0.05, 0.1) is 5.56 Å². The van der Waals surface area contributed by atoms with Crippen LogP contribution in [0.4, 0.5) is 19.0 Å². The zero-order chi connectivity index (χ0) is 14.0. The lowest BCUT2D eigenvalue weighted by molar-refractivity contribution is -0.137. The van der Waals surface area contributed by atoms with E-state index in [2.05, 4.69) is 26.2 Å². The first-order chi connectivity index (χ1) is 8.09. The molecule has 0 aliphatic carbocycles. The van der Waals surface area contributed by atoms with Gasteiger partial charge in [-0.05, 0) is 33.8 Å². The minimum absolute atomic E-state index is 0.0702. The highest BCUT2D eigenvalue weighted by molar-refractivity contribution is 9.10. The summed E-state index contributed by atoms with van der Waals surface area (Å²) in [6.07, 6.45) is -2.28. The van der Waals surface area contributed by atoms with Crippen molar-refractivity contribution >= 4 is 21.7 Å². The molecule has 0 unspecified atom stereocenters. The number of nitrogens with one attached hydrogen (secondary N) is 1. The van der Waals surface area contributed by atoms with Crippen LogP contribution in [-0.2, 0) is 6.18 Å². The van der Waals surface area contributed by atoms with Crippen LogP contribution in [0.15, 0.2) is 16.7 Å². The van der Waals surface area contributed by atoms with Gasteiger partial charge in [-0.3, -0.25) is 0 Å². The molecular formula is C12H16BrF3N2. The lowest BCUT2D eigenvalue weighted by atomic mass is 9.92. The molecule has 0 aromatic carbocycles. The predicted molar refractivity (Wildman–Crippen MR) is 69.5 cm³/mol. The second-order valence-electron chi connectivity index (χ2n) is 5.28. The second kappa shape index (κ2) is 5.47. The van der Waals surface area contributed by atoms with Gasteiger partial charge in [0.25, 0.3) is 0 Å². The minimum atomic E-state index is -4.40. The van der Waals surface area contributed by atoms with Gasteiger partial charge in [-0.15, -0.1) is 0 Å². The third-order valence-corrected chi connectivity index (χ3v) is 2.76. The summed E-state index contributed by atoms with van der Waals surface area (Å²) < 4.78 is 38.7. The van der Waals surface area contributed by atoms with E-state index in [0.29, 0.717) is 11.0 Å². The molecule has 0 amide bonds. The molecule has 0 fully saturated rings. The largest absolute Gasteiger partial charge is 0.419 e. The molecule has 0 saturated carbocycles. The van der Waals surface area contributed by atoms with Crippen molar-refractivity contribution < 1.29 is 13.2 Å². The SMILES string of the molecule is CC(C)(C)CCNc1ncc(Br)cc1C(F)(F)F. The Morgan fingerprint density at radius 1 is 1.28 bits per heavy atom. The fourth-order valence-corrected chi connectivity index (χ4v) is 1.68. The fraction of sp³-hybridized carbons (Fsp3) is 0.583. The highest BCUT2D eigenvalue weighted by Gasteiger charge is 2.34. The Balaban J connectivity index is 2.83. The Bertz CT molecular complexity index is 411. The first-order valence-corrected chi connectivity index (χ1v) is 6.35. The number of hydrogen-bond donors (Lipinski definition) is 1. The molecule has 0 bridgehead atoms. The molecule has 6 heteroatoms. The van der Waals surface area contributed by atoms with E-state index in [1.165, 1.54) is 6.20 Å². The number of rotatable bonds is 3. The average molecular weight is 325 g/mol. The Morgan fingerprint density at radius 3 is 2.39 bits per heavy atom. The number of aromatic nitrogens is 1. The summed E-state index contributed by atoms with van der Waals surface area (Å²) in [5, 5.41) is 2.75. The fourth-order valence-electron chi connectivity index (χ4n) is 1.35. The molecule has 1 aromatic heterocycles. The van der Waals surface area contributed by atoms with E-state index in [0.717, 1.165) is 12.5 Å². The molecule has 1 heterocycles. The summed E-state index contributed by atoms with van der Waals surface area (Å²) in [5.74, 6) is -0.116. The number of pyridine rings is 1. The summed E-state index contributed by atoms with van der Waals surface area (Å²) in [4.78, 5) is 3.79. The average Bonchev–Trinajstić information content (AvgIpc) is 2.17. The van der Waals surface area contributed by atoms with Crippen LogP contribution in [-0.4, -0.2) is 11.5 Å². The number of nitrogens with zero attached hydrogens (tertiary/aromatic N) is 1. The minimum Gasteiger partial charge on any atom is -0.370 e. The van der Waals surface area contributed by atoms with Gasteiger partial charge in [-0.2, -0.15) is 13.2 Å². The zero-order valence-electron chi connectivity index (χ0n) is 10.5. The van der Waals surface area contributed by atoms with Crippen molar-refractivity contribution in [2.24, 2.45) is 5.41 Å². The summed E-state index contributed by atoms with van der Waals surface area (Å²) in [5.41, 5.74) is -0.674. The van der Waals surface area contributed by atoms with E-state index in [4.69, 9.17) is 0 Å². The van der Waals surface area contributed by atoms with E-state index in [-0.39, 0.29) is 11.2 Å². The normalized spacial score (nSPS) is 12.6. The molecule has 102 valence electrons. The van der Waals surface area contributed by atoms with Crippen LogP contribution in [0.1, 0.15) is 32.8 Å². The molecule has 2 nitrogen and oxygen atoms in total. The van der Waals surface area contributed by atoms with Gasteiger partial charge in [-0.25, -0.2) is 4.98 Å². The van der Waals surface area contributed by atoms with E-state index >= 15 is 0 Å². The van der Waals surface area contributed by atoms with Gasteiger partial charge in [0.15, 0.2) is 0 Å². The predicted octanol–water partition coefficient (Wildman–Crippen LogP) is 4.71. The third-order valence-electron chi connectivity index (χ3n) is 2.33. The maximum absolute atomic E-state index is 12.8. The highest BCUT2D eigenvalue weighted by Crippen LogP contribution is 2.35. The van der Waals surface area contributed by atoms with Crippen LogP contribution in [0.5, 0.6) is 0 Å². The molecule has 0 aliphatic rings. The van der Waals surface area contributed by atoms with E-state index in [9.17, 15) is 13.2 Å². The van der Waals surface area contributed by atoms with Crippen molar-refractivity contribution in [3.05, 3.63) is 22.3 Å². The van der Waals surface area contributed by atoms with Crippen LogP contribution in [0.3, 0.4) is 0 Å². The van der Waals surface area contributed by atoms with Crippen molar-refractivity contribution in [2.75, 3.05) is 11.9 Å². The van der Waals surface area contributed by atoms with Crippen LogP contribution >= 0.6 is 15.9 Å². The summed E-state index contributed by atoms with van der Waals surface area (Å²) >= 11 is 3.00. The van der Waals surface area contributed by atoms with Crippen molar-refractivity contribution in [3.63, 3.8) is 0 Å². The maximum Gasteiger partial charge on any atom is 0.419 e. The first kappa shape index (κ1) is 15.3. The van der Waals surface area contributed by atoms with E-state index < -0.39 is 11.7 Å². The monoisotopic (exact) mass is 324 g/mol. The number of hydrogen-bond acceptors (Lipinski definition) is 2. The highest BCUT2D eigenvalue weighted by atomic mass is 79.9. The molecule has 1 rings (SSSR count). The Hall–Kier alpha value is -0.780. The van der Waals surface area contributed by atoms with Crippen molar-refractivity contribution in [1.29, 1.82) is 0 Å². The standard InChI is InChI=1S/C12H16BrF3N2/c1-11(2,3)4-5-17-10-9(12(14,15)16)6-8(13)7-18-10/h6-7H,4-5H2,1-3H3,(H,17,18). The van der Waals surface area contributed by atoms with Gasteiger partial charge in [-0.1, -0.05) is 20.8 Å². The molecule has 1 N–H and O–H groups in total. The smallest absolute Gasteiger partial charge is 0.370 e. The summed E-state index contributed by atoms with van der Waals surface area (Å²) in [6.45, 7) is 6.57. The molecule has 0 saturated heterocycles. The molecule has 0 aliphatic heterocycles. The van der Waals surface area contributed by atoms with Crippen molar-refractivity contribution in [2.45, 2.75) is 33.4 Å². The lowest BCUT2D eigenvalue weighted by Gasteiger charge is -2.19. The van der Waals surface area contributed by atoms with Gasteiger partial charge in [0.1, 0.15) is 5.82 Å².